The molecule has 2 aromatic rings. The number of nitrogens with zero attached hydrogens (tertiary/aromatic N) is 4. The summed E-state index contributed by atoms with van der Waals surface area (Å²) >= 11 is 0. The van der Waals surface area contributed by atoms with E-state index in [0.29, 0.717) is 24.4 Å². The summed E-state index contributed by atoms with van der Waals surface area (Å²) in [5.41, 5.74) is 1.76. The number of hydrogen-bond donors (Lipinski definition) is 0. The van der Waals surface area contributed by atoms with Gasteiger partial charge in [0.1, 0.15) is 5.76 Å². The summed E-state index contributed by atoms with van der Waals surface area (Å²) in [6.45, 7) is 10.7. The number of fused-ring (bicyclic) bond motifs is 1. The van der Waals surface area contributed by atoms with E-state index >= 15 is 0 Å². The van der Waals surface area contributed by atoms with E-state index in [2.05, 4.69) is 28.3 Å². The first kappa shape index (κ1) is 16.8. The van der Waals surface area contributed by atoms with E-state index in [9.17, 15) is 4.79 Å². The van der Waals surface area contributed by atoms with Crippen molar-refractivity contribution in [1.29, 1.82) is 0 Å². The van der Waals surface area contributed by atoms with Crippen molar-refractivity contribution < 1.29 is 9.21 Å². The first-order valence-electron chi connectivity index (χ1n) is 8.70. The third kappa shape index (κ3) is 3.24. The van der Waals surface area contributed by atoms with Crippen LogP contribution in [0.15, 0.2) is 29.3 Å². The molecule has 0 fully saturated rings. The summed E-state index contributed by atoms with van der Waals surface area (Å²) in [6, 6.07) is 2.03. The largest absolute Gasteiger partial charge is 0.469 e. The van der Waals surface area contributed by atoms with Crippen molar-refractivity contribution in [2.24, 2.45) is 0 Å². The van der Waals surface area contributed by atoms with E-state index in [4.69, 9.17) is 4.42 Å². The van der Waals surface area contributed by atoms with Gasteiger partial charge in [-0.25, -0.2) is 4.98 Å². The van der Waals surface area contributed by atoms with Crippen LogP contribution in [-0.2, 0) is 6.54 Å². The van der Waals surface area contributed by atoms with E-state index in [0.717, 1.165) is 31.7 Å². The van der Waals surface area contributed by atoms with E-state index in [1.54, 1.807) is 12.3 Å². The Labute approximate surface area is 143 Å². The highest BCUT2D eigenvalue weighted by Gasteiger charge is 2.29. The number of aromatic nitrogens is 2. The fourth-order valence-electron chi connectivity index (χ4n) is 3.42. The highest BCUT2D eigenvalue weighted by Crippen LogP contribution is 2.26. The van der Waals surface area contributed by atoms with Crippen LogP contribution in [-0.4, -0.2) is 51.4 Å². The van der Waals surface area contributed by atoms with Crippen molar-refractivity contribution in [2.45, 2.75) is 39.8 Å². The molecule has 0 bridgehead atoms. The van der Waals surface area contributed by atoms with E-state index in [-0.39, 0.29) is 11.9 Å². The van der Waals surface area contributed by atoms with E-state index in [1.807, 2.05) is 24.3 Å². The Balaban J connectivity index is 1.76. The highest BCUT2D eigenvalue weighted by molar-refractivity contribution is 5.95. The fraction of sp³-hybridized carbons (Fsp3) is 0.556. The zero-order chi connectivity index (χ0) is 17.1. The first-order chi connectivity index (χ1) is 11.6. The summed E-state index contributed by atoms with van der Waals surface area (Å²) in [6.07, 6.45) is 6.35. The van der Waals surface area contributed by atoms with Crippen LogP contribution in [0.1, 0.15) is 48.1 Å². The minimum Gasteiger partial charge on any atom is -0.469 e. The molecule has 1 aliphatic rings. The molecular weight excluding hydrogens is 304 g/mol. The SMILES string of the molecule is CCN(CC)CCC1CN(C(=O)c2ccoc2C)Cc2cncn21. The molecule has 6 nitrogen and oxygen atoms in total. The second-order valence-electron chi connectivity index (χ2n) is 6.34. The van der Waals surface area contributed by atoms with E-state index in [1.165, 1.54) is 0 Å². The average Bonchev–Trinajstić information content (AvgIpc) is 3.23. The Morgan fingerprint density at radius 2 is 2.21 bits per heavy atom. The smallest absolute Gasteiger partial charge is 0.257 e. The van der Waals surface area contributed by atoms with Gasteiger partial charge in [-0.15, -0.1) is 0 Å². The Bertz CT molecular complexity index is 687. The van der Waals surface area contributed by atoms with Gasteiger partial charge in [0.05, 0.1) is 36.4 Å². The van der Waals surface area contributed by atoms with Gasteiger partial charge in [0, 0.05) is 19.3 Å². The Hall–Kier alpha value is -2.08. The number of carbonyl (C=O) groups is 1. The van der Waals surface area contributed by atoms with Gasteiger partial charge in [0.15, 0.2) is 0 Å². The molecule has 2 aromatic heterocycles. The van der Waals surface area contributed by atoms with Crippen LogP contribution in [0.3, 0.4) is 0 Å². The summed E-state index contributed by atoms with van der Waals surface area (Å²) in [5.74, 6) is 0.723. The lowest BCUT2D eigenvalue weighted by molar-refractivity contribution is 0.0666. The molecule has 0 saturated heterocycles. The Kier molecular flexibility index (Phi) is 5.04. The fourth-order valence-corrected chi connectivity index (χ4v) is 3.42. The molecule has 1 aliphatic heterocycles. The second kappa shape index (κ2) is 7.21. The molecule has 6 heteroatoms. The standard InChI is InChI=1S/C18H26N4O2/c1-4-20(5-2)8-6-15-11-21(12-16-10-19-13-22(15)16)18(23)17-7-9-24-14(17)3/h7,9-10,13,15H,4-6,8,11-12H2,1-3H3. The van der Waals surface area contributed by atoms with Crippen molar-refractivity contribution in [3.8, 4) is 0 Å². The molecule has 1 unspecified atom stereocenters. The van der Waals surface area contributed by atoms with Crippen LogP contribution in [0.5, 0.6) is 0 Å². The summed E-state index contributed by atoms with van der Waals surface area (Å²) < 4.78 is 7.53. The summed E-state index contributed by atoms with van der Waals surface area (Å²) in [4.78, 5) is 21.5. The number of hydrogen-bond acceptors (Lipinski definition) is 4. The monoisotopic (exact) mass is 330 g/mol. The van der Waals surface area contributed by atoms with Gasteiger partial charge in [0.2, 0.25) is 0 Å². The second-order valence-corrected chi connectivity index (χ2v) is 6.34. The summed E-state index contributed by atoms with van der Waals surface area (Å²) in [7, 11) is 0. The van der Waals surface area contributed by atoms with Gasteiger partial charge < -0.3 is 18.8 Å². The Morgan fingerprint density at radius 1 is 1.42 bits per heavy atom. The van der Waals surface area contributed by atoms with Crippen molar-refractivity contribution in [3.63, 3.8) is 0 Å². The number of aryl methyl sites for hydroxylation is 1. The molecular formula is C18H26N4O2. The number of amides is 1. The predicted molar refractivity (Wildman–Crippen MR) is 91.9 cm³/mol. The predicted octanol–water partition coefficient (Wildman–Crippen LogP) is 2.71. The topological polar surface area (TPSA) is 54.5 Å². The lowest BCUT2D eigenvalue weighted by Gasteiger charge is -2.35. The number of rotatable bonds is 6. The van der Waals surface area contributed by atoms with Gasteiger partial charge in [-0.05, 0) is 32.5 Å². The van der Waals surface area contributed by atoms with Gasteiger partial charge in [-0.2, -0.15) is 0 Å². The third-order valence-corrected chi connectivity index (χ3v) is 4.97. The third-order valence-electron chi connectivity index (χ3n) is 4.97. The molecule has 0 aliphatic carbocycles. The van der Waals surface area contributed by atoms with E-state index < -0.39 is 0 Å². The number of carbonyl (C=O) groups excluding carboxylic acids is 1. The molecule has 3 rings (SSSR count). The maximum atomic E-state index is 12.8. The van der Waals surface area contributed by atoms with Crippen LogP contribution in [0.4, 0.5) is 0 Å². The van der Waals surface area contributed by atoms with Crippen LogP contribution in [0, 0.1) is 6.92 Å². The van der Waals surface area contributed by atoms with Crippen LogP contribution < -0.4 is 0 Å². The van der Waals surface area contributed by atoms with Crippen molar-refractivity contribution in [2.75, 3.05) is 26.2 Å². The molecule has 1 amide bonds. The molecule has 0 saturated carbocycles. The zero-order valence-corrected chi connectivity index (χ0v) is 14.7. The molecule has 0 radical (unpaired) electrons. The molecule has 24 heavy (non-hydrogen) atoms. The van der Waals surface area contributed by atoms with Gasteiger partial charge in [-0.3, -0.25) is 4.79 Å². The van der Waals surface area contributed by atoms with Crippen LogP contribution in [0.2, 0.25) is 0 Å². The number of imidazole rings is 1. The lowest BCUT2D eigenvalue weighted by Crippen LogP contribution is -2.41. The normalized spacial score (nSPS) is 17.3. The maximum absolute atomic E-state index is 12.8. The lowest BCUT2D eigenvalue weighted by atomic mass is 10.1. The summed E-state index contributed by atoms with van der Waals surface area (Å²) in [5, 5.41) is 0. The average molecular weight is 330 g/mol. The quantitative estimate of drug-likeness (QED) is 0.817. The Morgan fingerprint density at radius 3 is 2.88 bits per heavy atom. The minimum atomic E-state index is 0.0431. The van der Waals surface area contributed by atoms with Crippen LogP contribution >= 0.6 is 0 Å². The minimum absolute atomic E-state index is 0.0431. The van der Waals surface area contributed by atoms with Gasteiger partial charge >= 0.3 is 0 Å². The van der Waals surface area contributed by atoms with Crippen molar-refractivity contribution >= 4 is 5.91 Å². The highest BCUT2D eigenvalue weighted by atomic mass is 16.3. The zero-order valence-electron chi connectivity index (χ0n) is 14.7. The molecule has 1 atom stereocenters. The maximum Gasteiger partial charge on any atom is 0.257 e. The number of furan rings is 1. The van der Waals surface area contributed by atoms with Crippen LogP contribution in [0.25, 0.3) is 0 Å². The molecule has 0 spiro atoms. The first-order valence-corrected chi connectivity index (χ1v) is 8.70. The molecule has 130 valence electrons. The van der Waals surface area contributed by atoms with Crippen molar-refractivity contribution in [1.82, 2.24) is 19.4 Å². The molecule has 0 N–H and O–H groups in total. The van der Waals surface area contributed by atoms with Gasteiger partial charge in [-0.1, -0.05) is 13.8 Å². The molecule has 3 heterocycles. The van der Waals surface area contributed by atoms with Gasteiger partial charge in [0.25, 0.3) is 5.91 Å². The molecule has 0 aromatic carbocycles. The van der Waals surface area contributed by atoms with Crippen molar-refractivity contribution in [3.05, 3.63) is 41.9 Å².